The van der Waals surface area contributed by atoms with Crippen LogP contribution in [0.2, 0.25) is 5.02 Å². The van der Waals surface area contributed by atoms with Gasteiger partial charge < -0.3 is 4.74 Å². The summed E-state index contributed by atoms with van der Waals surface area (Å²) in [4.78, 5) is 11.0. The van der Waals surface area contributed by atoms with E-state index in [1.165, 1.54) is 19.2 Å². The summed E-state index contributed by atoms with van der Waals surface area (Å²) in [7, 11) is 1.26. The number of hydrogen-bond donors (Lipinski definition) is 0. The Morgan fingerprint density at radius 2 is 2.23 bits per heavy atom. The zero-order valence-corrected chi connectivity index (χ0v) is 9.52. The van der Waals surface area contributed by atoms with E-state index in [1.54, 1.807) is 22.6 Å². The standard InChI is InChI=1S/C8H5ClFIO2/c1-13-8(12)4-2-5(9)7(10)6(11)3-4/h2-3H,1H3. The average molecular weight is 314 g/mol. The summed E-state index contributed by atoms with van der Waals surface area (Å²) in [6, 6.07) is 2.62. The molecule has 1 aromatic rings. The minimum absolute atomic E-state index is 0.0766. The van der Waals surface area contributed by atoms with Gasteiger partial charge in [0, 0.05) is 0 Å². The molecule has 0 heterocycles. The predicted molar refractivity (Wildman–Crippen MR) is 55.5 cm³/mol. The van der Waals surface area contributed by atoms with Gasteiger partial charge in [-0.15, -0.1) is 0 Å². The van der Waals surface area contributed by atoms with Gasteiger partial charge in [-0.25, -0.2) is 9.18 Å². The second kappa shape index (κ2) is 4.23. The molecule has 0 N–H and O–H groups in total. The number of ether oxygens (including phenoxy) is 1. The molecule has 0 bridgehead atoms. The van der Waals surface area contributed by atoms with Gasteiger partial charge in [-0.1, -0.05) is 11.6 Å². The van der Waals surface area contributed by atoms with Crippen LogP contribution in [0.3, 0.4) is 0 Å². The summed E-state index contributed by atoms with van der Waals surface area (Å²) in [5.74, 6) is -1.05. The van der Waals surface area contributed by atoms with E-state index in [0.29, 0.717) is 3.57 Å². The number of carbonyl (C=O) groups excluding carboxylic acids is 1. The second-order valence-corrected chi connectivity index (χ2v) is 3.81. The summed E-state index contributed by atoms with van der Waals surface area (Å²) < 4.78 is 17.7. The lowest BCUT2D eigenvalue weighted by Gasteiger charge is -2.02. The van der Waals surface area contributed by atoms with Crippen molar-refractivity contribution >= 4 is 40.2 Å². The third kappa shape index (κ3) is 2.31. The molecule has 2 nitrogen and oxygen atoms in total. The fourth-order valence-corrected chi connectivity index (χ4v) is 1.80. The van der Waals surface area contributed by atoms with Gasteiger partial charge in [-0.3, -0.25) is 0 Å². The van der Waals surface area contributed by atoms with Crippen LogP contribution >= 0.6 is 34.2 Å². The normalized spacial score (nSPS) is 9.85. The Labute approximate surface area is 93.2 Å². The van der Waals surface area contributed by atoms with Gasteiger partial charge in [0.15, 0.2) is 5.82 Å². The van der Waals surface area contributed by atoms with Crippen molar-refractivity contribution in [2.45, 2.75) is 0 Å². The molecule has 13 heavy (non-hydrogen) atoms. The zero-order chi connectivity index (χ0) is 10.0. The molecule has 0 aliphatic carbocycles. The van der Waals surface area contributed by atoms with E-state index in [9.17, 15) is 9.18 Å². The molecule has 0 saturated heterocycles. The first-order valence-corrected chi connectivity index (χ1v) is 4.74. The highest BCUT2D eigenvalue weighted by molar-refractivity contribution is 14.1. The quantitative estimate of drug-likeness (QED) is 0.453. The van der Waals surface area contributed by atoms with Crippen molar-refractivity contribution in [3.8, 4) is 0 Å². The summed E-state index contributed by atoms with van der Waals surface area (Å²) in [5, 5.41) is -0.0766. The van der Waals surface area contributed by atoms with E-state index >= 15 is 0 Å². The van der Waals surface area contributed by atoms with Crippen LogP contribution in [0, 0.1) is 9.39 Å². The number of rotatable bonds is 1. The first-order valence-electron chi connectivity index (χ1n) is 3.29. The van der Waals surface area contributed by atoms with Crippen LogP contribution in [0.15, 0.2) is 12.1 Å². The highest BCUT2D eigenvalue weighted by Crippen LogP contribution is 2.22. The Hall–Kier alpha value is -0.360. The molecule has 0 spiro atoms. The van der Waals surface area contributed by atoms with Crippen LogP contribution in [-0.2, 0) is 4.74 Å². The number of esters is 1. The molecular formula is C8H5ClFIO2. The molecule has 1 aromatic carbocycles. The van der Waals surface area contributed by atoms with Gasteiger partial charge >= 0.3 is 5.97 Å². The Balaban J connectivity index is 3.20. The number of halogens is 3. The molecular weight excluding hydrogens is 309 g/mol. The van der Waals surface area contributed by atoms with Crippen molar-refractivity contribution in [1.82, 2.24) is 0 Å². The maximum Gasteiger partial charge on any atom is 0.337 e. The van der Waals surface area contributed by atoms with Crippen molar-refractivity contribution in [2.24, 2.45) is 0 Å². The van der Waals surface area contributed by atoms with E-state index < -0.39 is 11.8 Å². The van der Waals surface area contributed by atoms with Gasteiger partial charge in [-0.2, -0.15) is 0 Å². The van der Waals surface area contributed by atoms with Crippen molar-refractivity contribution in [3.63, 3.8) is 0 Å². The van der Waals surface area contributed by atoms with Gasteiger partial charge in [0.05, 0.1) is 21.3 Å². The van der Waals surface area contributed by atoms with Gasteiger partial charge in [-0.05, 0) is 34.7 Å². The van der Waals surface area contributed by atoms with Gasteiger partial charge in [0.25, 0.3) is 0 Å². The minimum Gasteiger partial charge on any atom is -0.465 e. The maximum atomic E-state index is 13.0. The van der Waals surface area contributed by atoms with Crippen LogP contribution in [0.5, 0.6) is 0 Å². The first kappa shape index (κ1) is 10.7. The molecule has 0 amide bonds. The second-order valence-electron chi connectivity index (χ2n) is 2.25. The highest BCUT2D eigenvalue weighted by Gasteiger charge is 2.12. The van der Waals surface area contributed by atoms with Gasteiger partial charge in [0.2, 0.25) is 0 Å². The van der Waals surface area contributed by atoms with E-state index in [-0.39, 0.29) is 10.6 Å². The third-order valence-electron chi connectivity index (χ3n) is 1.40. The maximum absolute atomic E-state index is 13.0. The molecule has 0 saturated carbocycles. The van der Waals surface area contributed by atoms with Crippen LogP contribution in [0.1, 0.15) is 10.4 Å². The van der Waals surface area contributed by atoms with E-state index in [0.717, 1.165) is 0 Å². The van der Waals surface area contributed by atoms with Crippen molar-refractivity contribution in [2.75, 3.05) is 7.11 Å². The summed E-state index contributed by atoms with van der Waals surface area (Å²) in [6.45, 7) is 0. The fourth-order valence-electron chi connectivity index (χ4n) is 0.791. The Kier molecular flexibility index (Phi) is 3.49. The Bertz CT molecular complexity index is 331. The zero-order valence-electron chi connectivity index (χ0n) is 6.61. The molecule has 0 radical (unpaired) electrons. The third-order valence-corrected chi connectivity index (χ3v) is 2.46. The minimum atomic E-state index is -0.528. The summed E-state index contributed by atoms with van der Waals surface area (Å²) in [6.07, 6.45) is 0. The lowest BCUT2D eigenvalue weighted by atomic mass is 10.2. The number of hydrogen-bond acceptors (Lipinski definition) is 2. The molecule has 0 aliphatic heterocycles. The molecule has 0 fully saturated rings. The predicted octanol–water partition coefficient (Wildman–Crippen LogP) is 2.87. The fraction of sp³-hybridized carbons (Fsp3) is 0.125. The SMILES string of the molecule is COC(=O)c1cc(Cl)c(F)c(I)c1. The smallest absolute Gasteiger partial charge is 0.337 e. The molecule has 0 aliphatic rings. The largest absolute Gasteiger partial charge is 0.465 e. The lowest BCUT2D eigenvalue weighted by Crippen LogP contribution is -2.02. The number of benzene rings is 1. The number of carbonyl (C=O) groups is 1. The molecule has 70 valence electrons. The number of methoxy groups -OCH3 is 1. The Morgan fingerprint density at radius 3 is 2.69 bits per heavy atom. The van der Waals surface area contributed by atoms with Crippen LogP contribution in [-0.4, -0.2) is 13.1 Å². The molecule has 1 rings (SSSR count). The molecule has 5 heteroatoms. The van der Waals surface area contributed by atoms with E-state index in [4.69, 9.17) is 11.6 Å². The highest BCUT2D eigenvalue weighted by atomic mass is 127. The molecule has 0 unspecified atom stereocenters. The van der Waals surface area contributed by atoms with Crippen molar-refractivity contribution < 1.29 is 13.9 Å². The Morgan fingerprint density at radius 1 is 1.62 bits per heavy atom. The molecule has 0 atom stereocenters. The summed E-state index contributed by atoms with van der Waals surface area (Å²) >= 11 is 7.29. The van der Waals surface area contributed by atoms with E-state index in [2.05, 4.69) is 4.74 Å². The van der Waals surface area contributed by atoms with Crippen LogP contribution in [0.25, 0.3) is 0 Å². The monoisotopic (exact) mass is 314 g/mol. The molecule has 0 aromatic heterocycles. The first-order chi connectivity index (χ1) is 6.06. The van der Waals surface area contributed by atoms with Crippen molar-refractivity contribution in [1.29, 1.82) is 0 Å². The topological polar surface area (TPSA) is 26.3 Å². The van der Waals surface area contributed by atoms with Crippen LogP contribution < -0.4 is 0 Å². The summed E-state index contributed by atoms with van der Waals surface area (Å²) in [5.41, 5.74) is 0.248. The lowest BCUT2D eigenvalue weighted by molar-refractivity contribution is 0.0600. The van der Waals surface area contributed by atoms with Crippen LogP contribution in [0.4, 0.5) is 4.39 Å². The van der Waals surface area contributed by atoms with E-state index in [1.807, 2.05) is 0 Å². The van der Waals surface area contributed by atoms with Gasteiger partial charge in [0.1, 0.15) is 0 Å². The average Bonchev–Trinajstić information content (AvgIpc) is 2.12. The van der Waals surface area contributed by atoms with Crippen molar-refractivity contribution in [3.05, 3.63) is 32.1 Å².